The Morgan fingerprint density at radius 2 is 2.00 bits per heavy atom. The standard InChI is InChI=1S/C34H36F3N5O3/c1-2-22-25(36)6-5-19-11-21(43)12-23(28(19)22)30-29(37)31-24(14-38-30)32(42-15-18-4-7-26(42)27(44)10-18)40-33(39-31)45-17-34-8-3-9-41(34)16-20(35)13-34/h5-6,11-12,14,18,20,26-27,43-44H,2-4,7-10,13,15-17H2,1H3/t18-,20+,26+,27?,34-/m0/s1. The minimum Gasteiger partial charge on any atom is -0.508 e. The Morgan fingerprint density at radius 3 is 2.80 bits per heavy atom. The Bertz CT molecular complexity index is 1820. The van der Waals surface area contributed by atoms with E-state index in [1.54, 1.807) is 6.07 Å². The van der Waals surface area contributed by atoms with Crippen molar-refractivity contribution >= 4 is 27.5 Å². The second-order valence-electron chi connectivity index (χ2n) is 13.3. The van der Waals surface area contributed by atoms with Crippen molar-refractivity contribution in [3.8, 4) is 23.0 Å². The number of rotatable bonds is 6. The first kappa shape index (κ1) is 28.8. The number of nitrogens with zero attached hydrogens (tertiary/aromatic N) is 5. The van der Waals surface area contributed by atoms with Crippen molar-refractivity contribution in [3.63, 3.8) is 0 Å². The lowest BCUT2D eigenvalue weighted by atomic mass is 9.78. The van der Waals surface area contributed by atoms with Crippen LogP contribution >= 0.6 is 0 Å². The first-order valence-corrected chi connectivity index (χ1v) is 16.0. The number of phenolic OH excluding ortho intramolecular Hbond substituents is 1. The number of phenols is 1. The molecule has 8 nitrogen and oxygen atoms in total. The van der Waals surface area contributed by atoms with Crippen LogP contribution in [0, 0.1) is 17.6 Å². The summed E-state index contributed by atoms with van der Waals surface area (Å²) in [5, 5.41) is 22.9. The predicted molar refractivity (Wildman–Crippen MR) is 164 cm³/mol. The van der Waals surface area contributed by atoms with Gasteiger partial charge in [0.2, 0.25) is 0 Å². The summed E-state index contributed by atoms with van der Waals surface area (Å²) in [6, 6.07) is 5.63. The Morgan fingerprint density at radius 1 is 1.13 bits per heavy atom. The molecule has 0 spiro atoms. The Kier molecular flexibility index (Phi) is 6.83. The lowest BCUT2D eigenvalue weighted by Gasteiger charge is -2.48. The van der Waals surface area contributed by atoms with E-state index < -0.39 is 29.4 Å². The van der Waals surface area contributed by atoms with Gasteiger partial charge in [0.15, 0.2) is 5.82 Å². The van der Waals surface area contributed by atoms with Crippen LogP contribution in [0.1, 0.15) is 51.0 Å². The molecule has 4 aromatic rings. The molecule has 2 aromatic carbocycles. The zero-order valence-electron chi connectivity index (χ0n) is 25.1. The number of aromatic nitrogens is 3. The van der Waals surface area contributed by atoms with Crippen LogP contribution in [0.25, 0.3) is 32.9 Å². The van der Waals surface area contributed by atoms with Gasteiger partial charge in [0.1, 0.15) is 41.4 Å². The highest BCUT2D eigenvalue weighted by Gasteiger charge is 2.49. The summed E-state index contributed by atoms with van der Waals surface area (Å²) in [5.74, 6) is -0.533. The van der Waals surface area contributed by atoms with Crippen LogP contribution in [0.2, 0.25) is 0 Å². The number of benzene rings is 2. The highest BCUT2D eigenvalue weighted by Crippen LogP contribution is 2.44. The molecule has 2 aromatic heterocycles. The van der Waals surface area contributed by atoms with Crippen molar-refractivity contribution in [1.82, 2.24) is 19.9 Å². The number of halogens is 3. The van der Waals surface area contributed by atoms with Gasteiger partial charge >= 0.3 is 6.01 Å². The largest absolute Gasteiger partial charge is 0.508 e. The minimum atomic E-state index is -0.923. The second-order valence-corrected chi connectivity index (χ2v) is 13.3. The Labute approximate surface area is 258 Å². The molecule has 0 radical (unpaired) electrons. The van der Waals surface area contributed by atoms with Crippen LogP contribution in [0.15, 0.2) is 30.5 Å². The van der Waals surface area contributed by atoms with Gasteiger partial charge in [0.25, 0.3) is 0 Å². The Balaban J connectivity index is 1.29. The fourth-order valence-electron chi connectivity index (χ4n) is 8.57. The molecule has 1 aliphatic carbocycles. The van der Waals surface area contributed by atoms with Gasteiger partial charge in [-0.1, -0.05) is 13.0 Å². The molecule has 4 saturated heterocycles. The van der Waals surface area contributed by atoms with Gasteiger partial charge in [-0.3, -0.25) is 9.88 Å². The van der Waals surface area contributed by atoms with E-state index >= 15 is 4.39 Å². The Hall–Kier alpha value is -3.70. The van der Waals surface area contributed by atoms with Crippen molar-refractivity contribution in [1.29, 1.82) is 0 Å². The number of aliphatic hydroxyl groups excluding tert-OH is 1. The normalized spacial score (nSPS) is 28.0. The number of alkyl halides is 1. The van der Waals surface area contributed by atoms with Crippen molar-refractivity contribution in [3.05, 3.63) is 47.7 Å². The quantitative estimate of drug-likeness (QED) is 0.284. The zero-order chi connectivity index (χ0) is 31.0. The van der Waals surface area contributed by atoms with E-state index in [1.807, 2.05) is 11.8 Å². The van der Waals surface area contributed by atoms with Crippen LogP contribution < -0.4 is 9.64 Å². The number of ether oxygens (including phenoxy) is 1. The van der Waals surface area contributed by atoms with Crippen LogP contribution in [-0.4, -0.2) is 80.2 Å². The molecule has 2 N–H and O–H groups in total. The zero-order valence-corrected chi connectivity index (χ0v) is 25.1. The van der Waals surface area contributed by atoms with Crippen LogP contribution in [-0.2, 0) is 6.42 Å². The molecule has 1 unspecified atom stereocenters. The van der Waals surface area contributed by atoms with Crippen LogP contribution in [0.5, 0.6) is 11.8 Å². The average Bonchev–Trinajstić information content (AvgIpc) is 3.55. The molecule has 4 aliphatic heterocycles. The maximum absolute atomic E-state index is 16.8. The van der Waals surface area contributed by atoms with Gasteiger partial charge in [0, 0.05) is 31.3 Å². The maximum Gasteiger partial charge on any atom is 0.319 e. The predicted octanol–water partition coefficient (Wildman–Crippen LogP) is 5.70. The number of hydrogen-bond acceptors (Lipinski definition) is 8. The first-order chi connectivity index (χ1) is 21.7. The summed E-state index contributed by atoms with van der Waals surface area (Å²) >= 11 is 0. The number of pyridine rings is 1. The molecule has 236 valence electrons. The molecule has 5 atom stereocenters. The third kappa shape index (κ3) is 4.61. The molecule has 5 aliphatic rings. The number of hydrogen-bond donors (Lipinski definition) is 2. The summed E-state index contributed by atoms with van der Waals surface area (Å²) < 4.78 is 52.5. The molecule has 5 fully saturated rings. The number of aromatic hydroxyl groups is 1. The fourth-order valence-corrected chi connectivity index (χ4v) is 8.57. The highest BCUT2D eigenvalue weighted by molar-refractivity contribution is 6.01. The van der Waals surface area contributed by atoms with Crippen molar-refractivity contribution in [2.75, 3.05) is 31.1 Å². The summed E-state index contributed by atoms with van der Waals surface area (Å²) in [7, 11) is 0. The van der Waals surface area contributed by atoms with Crippen LogP contribution in [0.4, 0.5) is 19.0 Å². The van der Waals surface area contributed by atoms with E-state index in [0.29, 0.717) is 59.9 Å². The molecule has 11 heteroatoms. The average molecular weight is 620 g/mol. The van der Waals surface area contributed by atoms with Gasteiger partial charge in [0.05, 0.1) is 23.1 Å². The number of piperidine rings is 2. The third-order valence-corrected chi connectivity index (χ3v) is 10.7. The molecule has 45 heavy (non-hydrogen) atoms. The second kappa shape index (κ2) is 10.7. The van der Waals surface area contributed by atoms with E-state index in [2.05, 4.69) is 14.9 Å². The third-order valence-electron chi connectivity index (χ3n) is 10.7. The van der Waals surface area contributed by atoms with E-state index in [0.717, 1.165) is 32.2 Å². The van der Waals surface area contributed by atoms with Crippen molar-refractivity contribution in [2.24, 2.45) is 5.92 Å². The molecule has 1 saturated carbocycles. The van der Waals surface area contributed by atoms with Crippen molar-refractivity contribution < 1.29 is 28.1 Å². The number of anilines is 1. The van der Waals surface area contributed by atoms with Crippen LogP contribution in [0.3, 0.4) is 0 Å². The molecule has 2 bridgehead atoms. The molecular formula is C34H36F3N5O3. The van der Waals surface area contributed by atoms with Gasteiger partial charge in [-0.15, -0.1) is 0 Å². The first-order valence-electron chi connectivity index (χ1n) is 16.0. The highest BCUT2D eigenvalue weighted by atomic mass is 19.1. The topological polar surface area (TPSA) is 94.8 Å². The number of aryl methyl sites for hydroxylation is 1. The molecule has 6 heterocycles. The molecular weight excluding hydrogens is 583 g/mol. The molecule has 9 rings (SSSR count). The lowest BCUT2D eigenvalue weighted by molar-refractivity contribution is 0.0502. The van der Waals surface area contributed by atoms with E-state index in [9.17, 15) is 19.0 Å². The van der Waals surface area contributed by atoms with Crippen molar-refractivity contribution in [2.45, 2.75) is 75.7 Å². The smallest absolute Gasteiger partial charge is 0.319 e. The number of fused-ring (bicyclic) bond motifs is 6. The summed E-state index contributed by atoms with van der Waals surface area (Å²) in [6.45, 7) is 3.86. The van der Waals surface area contributed by atoms with Gasteiger partial charge in [-0.25, -0.2) is 13.2 Å². The fraction of sp³-hybridized carbons (Fsp3) is 0.500. The SMILES string of the molecule is CCc1c(F)ccc2cc(O)cc(-c3ncc4c(N5C[C@H]6CC[C@@H]5C(O)C6)nc(OC[C@@]56CCCN5C[C@H](F)C6)nc4c3F)c12. The minimum absolute atomic E-state index is 0.0163. The van der Waals surface area contributed by atoms with E-state index in [-0.39, 0.29) is 47.1 Å². The number of aliphatic hydroxyl groups is 1. The van der Waals surface area contributed by atoms with Gasteiger partial charge < -0.3 is 19.8 Å². The summed E-state index contributed by atoms with van der Waals surface area (Å²) in [4.78, 5) is 18.1. The van der Waals surface area contributed by atoms with Gasteiger partial charge in [-0.05, 0) is 85.5 Å². The molecule has 0 amide bonds. The van der Waals surface area contributed by atoms with E-state index in [1.165, 1.54) is 24.4 Å². The monoisotopic (exact) mass is 619 g/mol. The maximum atomic E-state index is 16.8. The van der Waals surface area contributed by atoms with Gasteiger partial charge in [-0.2, -0.15) is 9.97 Å². The lowest BCUT2D eigenvalue weighted by Crippen LogP contribution is -2.56. The summed E-state index contributed by atoms with van der Waals surface area (Å²) in [6.07, 6.45) is 5.07. The summed E-state index contributed by atoms with van der Waals surface area (Å²) in [5.41, 5.74) is 0.129. The van der Waals surface area contributed by atoms with E-state index in [4.69, 9.17) is 9.72 Å².